The highest BCUT2D eigenvalue weighted by atomic mass is 16.3. The molecule has 0 saturated heterocycles. The molecule has 11 rings (SSSR count). The first-order valence-electron chi connectivity index (χ1n) is 18.8. The highest BCUT2D eigenvalue weighted by molar-refractivity contribution is 6.10. The van der Waals surface area contributed by atoms with Crippen LogP contribution in [0, 0.1) is 0 Å². The molecule has 0 amide bonds. The van der Waals surface area contributed by atoms with Crippen LogP contribution >= 0.6 is 0 Å². The van der Waals surface area contributed by atoms with E-state index in [-0.39, 0.29) is 0 Å². The summed E-state index contributed by atoms with van der Waals surface area (Å²) in [5.41, 5.74) is 12.3. The lowest BCUT2D eigenvalue weighted by molar-refractivity contribution is 0.669. The Bertz CT molecular complexity index is 3250. The van der Waals surface area contributed by atoms with Crippen LogP contribution in [0.25, 0.3) is 106 Å². The van der Waals surface area contributed by atoms with Gasteiger partial charge in [-0.2, -0.15) is 0 Å². The number of para-hydroxylation sites is 2. The number of rotatable bonds is 6. The minimum atomic E-state index is 0.584. The van der Waals surface area contributed by atoms with Gasteiger partial charge in [0.25, 0.3) is 0 Å². The minimum Gasteiger partial charge on any atom is -0.456 e. The van der Waals surface area contributed by atoms with E-state index in [1.807, 2.05) is 54.6 Å². The van der Waals surface area contributed by atoms with Crippen molar-refractivity contribution in [2.45, 2.75) is 0 Å². The number of nitrogens with zero attached hydrogens (tertiary/aromatic N) is 4. The number of benzene rings is 8. The van der Waals surface area contributed by atoms with Gasteiger partial charge in [0, 0.05) is 43.9 Å². The second-order valence-electron chi connectivity index (χ2n) is 14.1. The van der Waals surface area contributed by atoms with Crippen LogP contribution in [0.3, 0.4) is 0 Å². The summed E-state index contributed by atoms with van der Waals surface area (Å²) in [5.74, 6) is 1.79. The highest BCUT2D eigenvalue weighted by Gasteiger charge is 2.17. The molecule has 0 aliphatic heterocycles. The third-order valence-corrected chi connectivity index (χ3v) is 10.6. The van der Waals surface area contributed by atoms with Gasteiger partial charge in [0.2, 0.25) is 0 Å². The number of hydrogen-bond donors (Lipinski definition) is 0. The van der Waals surface area contributed by atoms with Crippen molar-refractivity contribution in [3.63, 3.8) is 0 Å². The Labute approximate surface area is 322 Å². The van der Waals surface area contributed by atoms with Gasteiger partial charge < -0.3 is 8.98 Å². The number of hydrogen-bond acceptors (Lipinski definition) is 4. The number of furan rings is 1. The van der Waals surface area contributed by atoms with Crippen LogP contribution in [0.1, 0.15) is 0 Å². The number of fused-ring (bicyclic) bond motifs is 6. The quantitative estimate of drug-likeness (QED) is 0.172. The van der Waals surface area contributed by atoms with Crippen LogP contribution in [-0.4, -0.2) is 19.5 Å². The van der Waals surface area contributed by atoms with Crippen molar-refractivity contribution in [3.05, 3.63) is 194 Å². The van der Waals surface area contributed by atoms with E-state index in [9.17, 15) is 0 Å². The van der Waals surface area contributed by atoms with E-state index in [4.69, 9.17) is 19.4 Å². The zero-order valence-corrected chi connectivity index (χ0v) is 30.2. The van der Waals surface area contributed by atoms with Crippen molar-refractivity contribution in [2.75, 3.05) is 0 Å². The average Bonchev–Trinajstić information content (AvgIpc) is 3.82. The zero-order chi connectivity index (χ0) is 37.0. The largest absolute Gasteiger partial charge is 0.456 e. The van der Waals surface area contributed by atoms with Crippen molar-refractivity contribution in [1.29, 1.82) is 0 Å². The van der Waals surface area contributed by atoms with Crippen LogP contribution in [0.4, 0.5) is 0 Å². The van der Waals surface area contributed by atoms with E-state index in [0.29, 0.717) is 17.5 Å². The monoisotopic (exact) mass is 716 g/mol. The van der Waals surface area contributed by atoms with Gasteiger partial charge in [-0.3, -0.25) is 0 Å². The van der Waals surface area contributed by atoms with Crippen LogP contribution in [0.15, 0.2) is 199 Å². The van der Waals surface area contributed by atoms with Crippen LogP contribution in [0.2, 0.25) is 0 Å². The third kappa shape index (κ3) is 5.45. The summed E-state index contributed by atoms with van der Waals surface area (Å²) >= 11 is 0. The summed E-state index contributed by atoms with van der Waals surface area (Å²) in [4.78, 5) is 15.2. The number of aromatic nitrogens is 4. The lowest BCUT2D eigenvalue weighted by atomic mass is 9.98. The van der Waals surface area contributed by atoms with Crippen LogP contribution in [0.5, 0.6) is 0 Å². The van der Waals surface area contributed by atoms with Crippen molar-refractivity contribution in [1.82, 2.24) is 19.5 Å². The smallest absolute Gasteiger partial charge is 0.164 e. The predicted octanol–water partition coefficient (Wildman–Crippen LogP) is 13.2. The van der Waals surface area contributed by atoms with Crippen LogP contribution < -0.4 is 0 Å². The fraction of sp³-hybridized carbons (Fsp3) is 0. The molecule has 262 valence electrons. The third-order valence-electron chi connectivity index (χ3n) is 10.6. The second-order valence-corrected chi connectivity index (χ2v) is 14.1. The van der Waals surface area contributed by atoms with Crippen molar-refractivity contribution in [2.24, 2.45) is 0 Å². The molecular weight excluding hydrogens is 685 g/mol. The predicted molar refractivity (Wildman–Crippen MR) is 229 cm³/mol. The molecule has 0 spiro atoms. The average molecular weight is 717 g/mol. The maximum atomic E-state index is 6.26. The Balaban J connectivity index is 1.06. The fourth-order valence-corrected chi connectivity index (χ4v) is 7.94. The summed E-state index contributed by atoms with van der Waals surface area (Å²) in [6.07, 6.45) is 0. The molecule has 5 heteroatoms. The van der Waals surface area contributed by atoms with Crippen molar-refractivity contribution >= 4 is 43.7 Å². The Morgan fingerprint density at radius 3 is 1.62 bits per heavy atom. The molecule has 0 bridgehead atoms. The first-order valence-corrected chi connectivity index (χ1v) is 18.8. The van der Waals surface area contributed by atoms with Crippen molar-refractivity contribution < 1.29 is 4.42 Å². The van der Waals surface area contributed by atoms with E-state index in [2.05, 4.69) is 144 Å². The van der Waals surface area contributed by atoms with Gasteiger partial charge in [-0.05, 0) is 70.8 Å². The molecule has 0 saturated carbocycles. The summed E-state index contributed by atoms with van der Waals surface area (Å²) in [7, 11) is 0. The summed E-state index contributed by atoms with van der Waals surface area (Å²) < 4.78 is 8.62. The zero-order valence-electron chi connectivity index (χ0n) is 30.2. The molecule has 3 aromatic heterocycles. The molecular formula is C51H32N4O. The van der Waals surface area contributed by atoms with E-state index in [1.54, 1.807) is 0 Å². The molecule has 3 heterocycles. The summed E-state index contributed by atoms with van der Waals surface area (Å²) in [6.45, 7) is 0. The van der Waals surface area contributed by atoms with Gasteiger partial charge in [-0.1, -0.05) is 146 Å². The highest BCUT2D eigenvalue weighted by Crippen LogP contribution is 2.37. The Morgan fingerprint density at radius 2 is 0.821 bits per heavy atom. The van der Waals surface area contributed by atoms with Gasteiger partial charge in [-0.25, -0.2) is 15.0 Å². The van der Waals surface area contributed by atoms with Gasteiger partial charge in [0.15, 0.2) is 17.5 Å². The minimum absolute atomic E-state index is 0.584. The Morgan fingerprint density at radius 1 is 0.304 bits per heavy atom. The van der Waals surface area contributed by atoms with E-state index >= 15 is 0 Å². The first kappa shape index (κ1) is 31.9. The van der Waals surface area contributed by atoms with E-state index < -0.39 is 0 Å². The van der Waals surface area contributed by atoms with Gasteiger partial charge in [0.05, 0.1) is 11.0 Å². The Kier molecular flexibility index (Phi) is 7.42. The van der Waals surface area contributed by atoms with Gasteiger partial charge >= 0.3 is 0 Å². The molecule has 0 aliphatic rings. The summed E-state index contributed by atoms with van der Waals surface area (Å²) in [5, 5.41) is 4.55. The molecule has 0 unspecified atom stereocenters. The maximum absolute atomic E-state index is 6.26. The topological polar surface area (TPSA) is 56.7 Å². The van der Waals surface area contributed by atoms with Gasteiger partial charge in [0.1, 0.15) is 11.2 Å². The van der Waals surface area contributed by atoms with E-state index in [0.717, 1.165) is 60.9 Å². The molecule has 11 aromatic rings. The fourth-order valence-electron chi connectivity index (χ4n) is 7.94. The van der Waals surface area contributed by atoms with Gasteiger partial charge in [-0.15, -0.1) is 0 Å². The maximum Gasteiger partial charge on any atom is 0.164 e. The van der Waals surface area contributed by atoms with Crippen LogP contribution in [-0.2, 0) is 0 Å². The normalized spacial score (nSPS) is 11.6. The molecule has 0 N–H and O–H groups in total. The molecule has 8 aromatic carbocycles. The standard InChI is InChI=1S/C51H32N4O/c1-3-13-33(14-4-1)35-17-11-18-36(29-35)37-25-27-42-41-21-7-9-23-45(41)55(46(42)31-37)40-20-12-19-38(30-40)50-52-49(34-15-5-2-6-16-34)53-51(54-50)39-26-28-44-43-22-8-10-24-47(43)56-48(44)32-39/h1-32H. The lowest BCUT2D eigenvalue weighted by Gasteiger charge is -2.12. The molecule has 0 fully saturated rings. The SMILES string of the molecule is c1ccc(-c2cccc(-c3ccc4c5ccccc5n(-c5cccc(-c6nc(-c7ccccc7)nc(-c7ccc8c(c7)oc7ccccc78)n6)c5)c4c3)c2)cc1. The second kappa shape index (κ2) is 13.0. The summed E-state index contributed by atoms with van der Waals surface area (Å²) in [6, 6.07) is 67.7. The van der Waals surface area contributed by atoms with E-state index in [1.165, 1.54) is 27.5 Å². The Hall–Kier alpha value is -7.63. The molecule has 0 aliphatic carbocycles. The lowest BCUT2D eigenvalue weighted by Crippen LogP contribution is -2.01. The van der Waals surface area contributed by atoms with Crippen molar-refractivity contribution in [3.8, 4) is 62.1 Å². The molecule has 56 heavy (non-hydrogen) atoms. The molecule has 5 nitrogen and oxygen atoms in total. The molecule has 0 radical (unpaired) electrons. The first-order chi connectivity index (χ1) is 27.7. The molecule has 0 atom stereocenters.